The van der Waals surface area contributed by atoms with E-state index in [1.165, 1.54) is 0 Å². The van der Waals surface area contributed by atoms with Crippen molar-refractivity contribution in [2.75, 3.05) is 17.8 Å². The normalized spacial score (nSPS) is 12.5. The van der Waals surface area contributed by atoms with Crippen LogP contribution in [0.4, 0.5) is 17.5 Å². The van der Waals surface area contributed by atoms with Gasteiger partial charge in [-0.15, -0.1) is 0 Å². The minimum atomic E-state index is 0.232. The first kappa shape index (κ1) is 9.71. The number of nitrogen functional groups attached to an aromatic ring is 1. The second-order valence-corrected chi connectivity index (χ2v) is 3.49. The lowest BCUT2D eigenvalue weighted by molar-refractivity contribution is 0.174. The predicted molar refractivity (Wildman–Crippen MR) is 62.3 cm³/mol. The molecule has 0 radical (unpaired) electrons. The van der Waals surface area contributed by atoms with Gasteiger partial charge in [-0.2, -0.15) is 4.98 Å². The Bertz CT molecular complexity index is 559. The zero-order chi connectivity index (χ0) is 11.7. The molecule has 17 heavy (non-hydrogen) atoms. The number of ether oxygens (including phenoxy) is 2. The molecule has 1 aromatic heterocycles. The summed E-state index contributed by atoms with van der Waals surface area (Å²) in [6.07, 6.45) is 1.59. The van der Waals surface area contributed by atoms with Crippen LogP contribution in [-0.4, -0.2) is 16.8 Å². The first-order valence-corrected chi connectivity index (χ1v) is 5.06. The maximum Gasteiger partial charge on any atom is 0.231 e. The molecular formula is C11H10N4O2. The third-order valence-corrected chi connectivity index (χ3v) is 2.32. The van der Waals surface area contributed by atoms with Crippen molar-refractivity contribution in [2.24, 2.45) is 0 Å². The number of rotatable bonds is 2. The molecule has 0 unspecified atom stereocenters. The number of nitrogens with two attached hydrogens (primary N) is 1. The molecule has 0 fully saturated rings. The van der Waals surface area contributed by atoms with Crippen molar-refractivity contribution in [3.05, 3.63) is 30.5 Å². The Labute approximate surface area is 97.4 Å². The van der Waals surface area contributed by atoms with Gasteiger partial charge in [0, 0.05) is 18.0 Å². The van der Waals surface area contributed by atoms with Gasteiger partial charge in [-0.25, -0.2) is 4.98 Å². The van der Waals surface area contributed by atoms with E-state index in [0.717, 1.165) is 17.2 Å². The summed E-state index contributed by atoms with van der Waals surface area (Å²) >= 11 is 0. The molecule has 3 rings (SSSR count). The number of aromatic nitrogens is 2. The van der Waals surface area contributed by atoms with E-state index in [4.69, 9.17) is 15.2 Å². The van der Waals surface area contributed by atoms with Gasteiger partial charge in [0.25, 0.3) is 0 Å². The molecule has 6 nitrogen and oxygen atoms in total. The number of hydrogen-bond acceptors (Lipinski definition) is 6. The molecule has 0 atom stereocenters. The SMILES string of the molecule is Nc1nccc(Nc2ccc3c(c2)OCO3)n1. The lowest BCUT2D eigenvalue weighted by atomic mass is 10.3. The van der Waals surface area contributed by atoms with Crippen LogP contribution in [0.2, 0.25) is 0 Å². The number of anilines is 3. The van der Waals surface area contributed by atoms with Crippen LogP contribution in [0.5, 0.6) is 11.5 Å². The average molecular weight is 230 g/mol. The lowest BCUT2D eigenvalue weighted by Gasteiger charge is -2.06. The third-order valence-electron chi connectivity index (χ3n) is 2.32. The fourth-order valence-corrected chi connectivity index (χ4v) is 1.57. The zero-order valence-corrected chi connectivity index (χ0v) is 8.88. The fourth-order valence-electron chi connectivity index (χ4n) is 1.57. The fraction of sp³-hybridized carbons (Fsp3) is 0.0909. The molecule has 0 bridgehead atoms. The number of fused-ring (bicyclic) bond motifs is 1. The van der Waals surface area contributed by atoms with Crippen molar-refractivity contribution in [1.29, 1.82) is 0 Å². The van der Waals surface area contributed by atoms with Gasteiger partial charge in [0.1, 0.15) is 5.82 Å². The molecule has 86 valence electrons. The van der Waals surface area contributed by atoms with Crippen LogP contribution in [0.25, 0.3) is 0 Å². The monoisotopic (exact) mass is 230 g/mol. The minimum Gasteiger partial charge on any atom is -0.454 e. The number of benzene rings is 1. The Balaban J connectivity index is 1.86. The van der Waals surface area contributed by atoms with Gasteiger partial charge in [-0.1, -0.05) is 0 Å². The predicted octanol–water partition coefficient (Wildman–Crippen LogP) is 1.53. The summed E-state index contributed by atoms with van der Waals surface area (Å²) in [7, 11) is 0. The van der Waals surface area contributed by atoms with Crippen molar-refractivity contribution in [2.45, 2.75) is 0 Å². The van der Waals surface area contributed by atoms with Gasteiger partial charge in [-0.05, 0) is 18.2 Å². The van der Waals surface area contributed by atoms with E-state index < -0.39 is 0 Å². The Morgan fingerprint density at radius 2 is 2.06 bits per heavy atom. The van der Waals surface area contributed by atoms with Crippen LogP contribution >= 0.6 is 0 Å². The highest BCUT2D eigenvalue weighted by atomic mass is 16.7. The molecule has 1 aromatic carbocycles. The molecule has 0 spiro atoms. The second kappa shape index (κ2) is 3.82. The van der Waals surface area contributed by atoms with E-state index in [-0.39, 0.29) is 12.7 Å². The molecule has 0 amide bonds. The van der Waals surface area contributed by atoms with Crippen molar-refractivity contribution in [3.8, 4) is 11.5 Å². The average Bonchev–Trinajstić information content (AvgIpc) is 2.76. The van der Waals surface area contributed by atoms with E-state index in [9.17, 15) is 0 Å². The highest BCUT2D eigenvalue weighted by Gasteiger charge is 2.13. The van der Waals surface area contributed by atoms with E-state index in [1.54, 1.807) is 12.3 Å². The summed E-state index contributed by atoms with van der Waals surface area (Å²) in [6, 6.07) is 7.31. The molecule has 3 N–H and O–H groups in total. The van der Waals surface area contributed by atoms with E-state index in [1.807, 2.05) is 18.2 Å². The van der Waals surface area contributed by atoms with Crippen molar-refractivity contribution in [3.63, 3.8) is 0 Å². The van der Waals surface area contributed by atoms with Gasteiger partial charge < -0.3 is 20.5 Å². The van der Waals surface area contributed by atoms with Crippen LogP contribution in [0.3, 0.4) is 0 Å². The first-order chi connectivity index (χ1) is 8.31. The highest BCUT2D eigenvalue weighted by molar-refractivity contribution is 5.62. The largest absolute Gasteiger partial charge is 0.454 e. The topological polar surface area (TPSA) is 82.3 Å². The van der Waals surface area contributed by atoms with Gasteiger partial charge >= 0.3 is 0 Å². The third kappa shape index (κ3) is 1.92. The quantitative estimate of drug-likeness (QED) is 0.814. The molecule has 0 aliphatic carbocycles. The number of hydrogen-bond donors (Lipinski definition) is 2. The summed E-state index contributed by atoms with van der Waals surface area (Å²) in [6.45, 7) is 0.263. The number of nitrogens with one attached hydrogen (secondary N) is 1. The summed E-state index contributed by atoms with van der Waals surface area (Å²) in [5.41, 5.74) is 6.35. The molecule has 2 aromatic rings. The van der Waals surface area contributed by atoms with E-state index in [2.05, 4.69) is 15.3 Å². The Morgan fingerprint density at radius 1 is 1.18 bits per heavy atom. The molecular weight excluding hydrogens is 220 g/mol. The van der Waals surface area contributed by atoms with Gasteiger partial charge in [0.2, 0.25) is 12.7 Å². The summed E-state index contributed by atoms with van der Waals surface area (Å²) < 4.78 is 10.5. The standard InChI is InChI=1S/C11H10N4O2/c12-11-13-4-3-10(15-11)14-7-1-2-8-9(5-7)17-6-16-8/h1-5H,6H2,(H3,12,13,14,15). The van der Waals surface area contributed by atoms with Gasteiger partial charge in [-0.3, -0.25) is 0 Å². The van der Waals surface area contributed by atoms with Gasteiger partial charge in [0.05, 0.1) is 0 Å². The Morgan fingerprint density at radius 3 is 2.94 bits per heavy atom. The first-order valence-electron chi connectivity index (χ1n) is 5.06. The summed E-state index contributed by atoms with van der Waals surface area (Å²) in [4.78, 5) is 7.87. The summed E-state index contributed by atoms with van der Waals surface area (Å²) in [5.74, 6) is 2.34. The summed E-state index contributed by atoms with van der Waals surface area (Å²) in [5, 5.41) is 3.11. The van der Waals surface area contributed by atoms with Crippen molar-refractivity contribution < 1.29 is 9.47 Å². The highest BCUT2D eigenvalue weighted by Crippen LogP contribution is 2.34. The lowest BCUT2D eigenvalue weighted by Crippen LogP contribution is -1.98. The molecule has 6 heteroatoms. The minimum absolute atomic E-state index is 0.232. The van der Waals surface area contributed by atoms with Crippen LogP contribution in [-0.2, 0) is 0 Å². The maximum atomic E-state index is 5.50. The van der Waals surface area contributed by atoms with Crippen LogP contribution in [0.15, 0.2) is 30.5 Å². The van der Waals surface area contributed by atoms with Gasteiger partial charge in [0.15, 0.2) is 11.5 Å². The molecule has 1 aliphatic heterocycles. The maximum absolute atomic E-state index is 5.50. The number of nitrogens with zero attached hydrogens (tertiary/aromatic N) is 2. The Hall–Kier alpha value is -2.50. The van der Waals surface area contributed by atoms with Crippen molar-refractivity contribution >= 4 is 17.5 Å². The molecule has 1 aliphatic rings. The van der Waals surface area contributed by atoms with E-state index in [0.29, 0.717) is 5.82 Å². The van der Waals surface area contributed by atoms with Crippen LogP contribution in [0.1, 0.15) is 0 Å². The van der Waals surface area contributed by atoms with E-state index >= 15 is 0 Å². The van der Waals surface area contributed by atoms with Crippen molar-refractivity contribution in [1.82, 2.24) is 9.97 Å². The molecule has 2 heterocycles. The van der Waals surface area contributed by atoms with Crippen LogP contribution in [0, 0.1) is 0 Å². The van der Waals surface area contributed by atoms with Crippen LogP contribution < -0.4 is 20.5 Å². The zero-order valence-electron chi connectivity index (χ0n) is 8.88. The Kier molecular flexibility index (Phi) is 2.18. The smallest absolute Gasteiger partial charge is 0.231 e. The molecule has 0 saturated carbocycles. The molecule has 0 saturated heterocycles. The second-order valence-electron chi connectivity index (χ2n) is 3.49.